The molecule has 0 spiro atoms. The second-order valence-corrected chi connectivity index (χ2v) is 4.13. The van der Waals surface area contributed by atoms with Gasteiger partial charge in [0.15, 0.2) is 0 Å². The lowest BCUT2D eigenvalue weighted by atomic mass is 10.1. The molecule has 0 unspecified atom stereocenters. The number of hydrogen-bond acceptors (Lipinski definition) is 4. The van der Waals surface area contributed by atoms with Crippen molar-refractivity contribution in [2.45, 2.75) is 0 Å². The molecule has 0 fully saturated rings. The third-order valence-electron chi connectivity index (χ3n) is 2.67. The zero-order valence-electron chi connectivity index (χ0n) is 11.0. The molecule has 106 valence electrons. The SMILES string of the molecule is O=C(NO)c1cccc(C(=O)N/N=C/c2ccccc2)c1. The zero-order valence-corrected chi connectivity index (χ0v) is 11.0. The summed E-state index contributed by atoms with van der Waals surface area (Å²) in [5, 5.41) is 12.4. The summed E-state index contributed by atoms with van der Waals surface area (Å²) in [5.41, 5.74) is 5.18. The van der Waals surface area contributed by atoms with Crippen molar-refractivity contribution in [3.63, 3.8) is 0 Å². The Morgan fingerprint density at radius 2 is 1.62 bits per heavy atom. The van der Waals surface area contributed by atoms with Crippen LogP contribution in [0.25, 0.3) is 0 Å². The largest absolute Gasteiger partial charge is 0.288 e. The summed E-state index contributed by atoms with van der Waals surface area (Å²) >= 11 is 0. The Labute approximate surface area is 121 Å². The van der Waals surface area contributed by atoms with Crippen LogP contribution in [0.5, 0.6) is 0 Å². The minimum Gasteiger partial charge on any atom is -0.288 e. The maximum absolute atomic E-state index is 11.9. The first-order valence-corrected chi connectivity index (χ1v) is 6.13. The predicted octanol–water partition coefficient (Wildman–Crippen LogP) is 1.57. The molecule has 6 heteroatoms. The van der Waals surface area contributed by atoms with Gasteiger partial charge in [0.2, 0.25) is 0 Å². The highest BCUT2D eigenvalue weighted by atomic mass is 16.5. The van der Waals surface area contributed by atoms with Crippen molar-refractivity contribution in [1.29, 1.82) is 0 Å². The van der Waals surface area contributed by atoms with Gasteiger partial charge < -0.3 is 0 Å². The number of nitrogens with one attached hydrogen (secondary N) is 2. The Balaban J connectivity index is 2.04. The maximum atomic E-state index is 11.9. The number of nitrogens with zero attached hydrogens (tertiary/aromatic N) is 1. The van der Waals surface area contributed by atoms with Crippen LogP contribution in [0.3, 0.4) is 0 Å². The van der Waals surface area contributed by atoms with Crippen LogP contribution in [0.2, 0.25) is 0 Å². The number of hydrogen-bond donors (Lipinski definition) is 3. The third kappa shape index (κ3) is 3.99. The smallest absolute Gasteiger partial charge is 0.274 e. The van der Waals surface area contributed by atoms with Crippen LogP contribution < -0.4 is 10.9 Å². The summed E-state index contributed by atoms with van der Waals surface area (Å²) in [6.45, 7) is 0. The van der Waals surface area contributed by atoms with E-state index < -0.39 is 11.8 Å². The van der Waals surface area contributed by atoms with Crippen LogP contribution in [0.1, 0.15) is 26.3 Å². The highest BCUT2D eigenvalue weighted by Gasteiger charge is 2.09. The third-order valence-corrected chi connectivity index (χ3v) is 2.67. The summed E-state index contributed by atoms with van der Waals surface area (Å²) in [7, 11) is 0. The second-order valence-electron chi connectivity index (χ2n) is 4.13. The fourth-order valence-corrected chi connectivity index (χ4v) is 1.64. The molecule has 0 bridgehead atoms. The molecule has 0 heterocycles. The highest BCUT2D eigenvalue weighted by Crippen LogP contribution is 2.05. The van der Waals surface area contributed by atoms with E-state index in [0.29, 0.717) is 0 Å². The van der Waals surface area contributed by atoms with Gasteiger partial charge >= 0.3 is 0 Å². The Hall–Kier alpha value is -2.99. The first kappa shape index (κ1) is 14.4. The molecule has 3 N–H and O–H groups in total. The fourth-order valence-electron chi connectivity index (χ4n) is 1.64. The van der Waals surface area contributed by atoms with E-state index in [2.05, 4.69) is 10.5 Å². The lowest BCUT2D eigenvalue weighted by Gasteiger charge is -2.02. The van der Waals surface area contributed by atoms with Crippen molar-refractivity contribution in [2.75, 3.05) is 0 Å². The van der Waals surface area contributed by atoms with Gasteiger partial charge in [0.25, 0.3) is 11.8 Å². The summed E-state index contributed by atoms with van der Waals surface area (Å²) in [5.74, 6) is -1.13. The summed E-state index contributed by atoms with van der Waals surface area (Å²) < 4.78 is 0. The zero-order chi connectivity index (χ0) is 15.1. The molecular formula is C15H13N3O3. The van der Waals surface area contributed by atoms with Crippen molar-refractivity contribution in [2.24, 2.45) is 5.10 Å². The van der Waals surface area contributed by atoms with Crippen molar-refractivity contribution in [3.8, 4) is 0 Å². The minimum atomic E-state index is -0.683. The standard InChI is InChI=1S/C15H13N3O3/c19-14(17-16-10-11-5-2-1-3-6-11)12-7-4-8-13(9-12)15(20)18-21/h1-10,21H,(H,17,19)(H,18,20)/b16-10+. The van der Waals surface area contributed by atoms with Crippen LogP contribution in [-0.2, 0) is 0 Å². The van der Waals surface area contributed by atoms with E-state index >= 15 is 0 Å². The quantitative estimate of drug-likeness (QED) is 0.452. The molecule has 2 aromatic rings. The van der Waals surface area contributed by atoms with Gasteiger partial charge in [-0.3, -0.25) is 14.8 Å². The number of carbonyl (C=O) groups excluding carboxylic acids is 2. The number of hydrazone groups is 1. The maximum Gasteiger partial charge on any atom is 0.274 e. The topological polar surface area (TPSA) is 90.8 Å². The normalized spacial score (nSPS) is 10.3. The molecule has 0 saturated heterocycles. The van der Waals surface area contributed by atoms with E-state index in [-0.39, 0.29) is 11.1 Å². The Morgan fingerprint density at radius 3 is 2.29 bits per heavy atom. The Morgan fingerprint density at radius 1 is 0.952 bits per heavy atom. The second kappa shape index (κ2) is 6.97. The van der Waals surface area contributed by atoms with Crippen LogP contribution in [0.15, 0.2) is 59.7 Å². The van der Waals surface area contributed by atoms with Gasteiger partial charge in [0.05, 0.1) is 6.21 Å². The van der Waals surface area contributed by atoms with Gasteiger partial charge in [0, 0.05) is 11.1 Å². The average molecular weight is 283 g/mol. The monoisotopic (exact) mass is 283 g/mol. The first-order valence-electron chi connectivity index (χ1n) is 6.13. The molecule has 2 amide bonds. The van der Waals surface area contributed by atoms with E-state index in [0.717, 1.165) is 5.56 Å². The molecule has 6 nitrogen and oxygen atoms in total. The lowest BCUT2D eigenvalue weighted by Crippen LogP contribution is -2.21. The van der Waals surface area contributed by atoms with E-state index in [1.807, 2.05) is 30.3 Å². The van der Waals surface area contributed by atoms with Crippen LogP contribution in [-0.4, -0.2) is 23.2 Å². The first-order chi connectivity index (χ1) is 10.2. The number of amides is 2. The average Bonchev–Trinajstić information content (AvgIpc) is 2.55. The van der Waals surface area contributed by atoms with E-state index in [1.165, 1.54) is 23.8 Å². The van der Waals surface area contributed by atoms with E-state index in [4.69, 9.17) is 5.21 Å². The fraction of sp³-hybridized carbons (Fsp3) is 0. The van der Waals surface area contributed by atoms with Crippen LogP contribution in [0, 0.1) is 0 Å². The number of benzene rings is 2. The number of rotatable bonds is 4. The Kier molecular flexibility index (Phi) is 4.79. The van der Waals surface area contributed by atoms with Gasteiger partial charge in [0.1, 0.15) is 0 Å². The highest BCUT2D eigenvalue weighted by molar-refractivity contribution is 5.99. The summed E-state index contributed by atoms with van der Waals surface area (Å²) in [6.07, 6.45) is 1.52. The Bertz CT molecular complexity index is 669. The molecule has 0 saturated carbocycles. The molecule has 0 radical (unpaired) electrons. The number of carbonyl (C=O) groups is 2. The van der Waals surface area contributed by atoms with Gasteiger partial charge in [-0.05, 0) is 23.8 Å². The summed E-state index contributed by atoms with van der Waals surface area (Å²) in [4.78, 5) is 23.1. The molecule has 0 aliphatic heterocycles. The van der Waals surface area contributed by atoms with Crippen molar-refractivity contribution < 1.29 is 14.8 Å². The van der Waals surface area contributed by atoms with Crippen molar-refractivity contribution in [1.82, 2.24) is 10.9 Å². The molecular weight excluding hydrogens is 270 g/mol. The number of hydroxylamine groups is 1. The van der Waals surface area contributed by atoms with Crippen LogP contribution >= 0.6 is 0 Å². The molecule has 2 aromatic carbocycles. The van der Waals surface area contributed by atoms with Gasteiger partial charge in [-0.2, -0.15) is 5.10 Å². The molecule has 0 aliphatic rings. The van der Waals surface area contributed by atoms with Crippen molar-refractivity contribution in [3.05, 3.63) is 71.3 Å². The van der Waals surface area contributed by atoms with Gasteiger partial charge in [-0.25, -0.2) is 10.9 Å². The van der Waals surface area contributed by atoms with Gasteiger partial charge in [-0.15, -0.1) is 0 Å². The van der Waals surface area contributed by atoms with E-state index in [1.54, 1.807) is 12.1 Å². The van der Waals surface area contributed by atoms with E-state index in [9.17, 15) is 9.59 Å². The van der Waals surface area contributed by atoms with Crippen molar-refractivity contribution >= 4 is 18.0 Å². The lowest BCUT2D eigenvalue weighted by molar-refractivity contribution is 0.0706. The molecule has 0 aromatic heterocycles. The minimum absolute atomic E-state index is 0.178. The molecule has 2 rings (SSSR count). The predicted molar refractivity (Wildman–Crippen MR) is 77.2 cm³/mol. The summed E-state index contributed by atoms with van der Waals surface area (Å²) in [6, 6.07) is 15.2. The molecule has 0 atom stereocenters. The van der Waals surface area contributed by atoms with Gasteiger partial charge in [-0.1, -0.05) is 36.4 Å². The van der Waals surface area contributed by atoms with Crippen LogP contribution in [0.4, 0.5) is 0 Å². The molecule has 21 heavy (non-hydrogen) atoms. The molecule has 0 aliphatic carbocycles.